The molecule has 0 radical (unpaired) electrons. The van der Waals surface area contributed by atoms with Gasteiger partial charge in [-0.25, -0.2) is 19.7 Å². The Morgan fingerprint density at radius 2 is 2.16 bits per heavy atom. The molecule has 0 aliphatic rings. The third kappa shape index (κ3) is 2.97. The number of thiazole rings is 1. The first-order valence-electron chi connectivity index (χ1n) is 5.52. The Morgan fingerprint density at radius 3 is 2.79 bits per heavy atom. The van der Waals surface area contributed by atoms with Gasteiger partial charge in [0.1, 0.15) is 0 Å². The molecule has 0 atom stereocenters. The quantitative estimate of drug-likeness (QED) is 0.886. The fraction of sp³-hybridized carbons (Fsp3) is 0.273. The topological polar surface area (TPSA) is 97.0 Å². The van der Waals surface area contributed by atoms with Crippen LogP contribution in [0.4, 0.5) is 15.9 Å². The normalized spacial score (nSPS) is 10.3. The molecule has 2 aromatic heterocycles. The lowest BCUT2D eigenvalue weighted by atomic mass is 10.3. The number of amides is 2. The number of carbonyl (C=O) groups is 1. The Bertz CT molecular complexity index is 609. The molecule has 2 heterocycles. The summed E-state index contributed by atoms with van der Waals surface area (Å²) in [5.74, 6) is 0.620. The number of aromatic nitrogens is 3. The van der Waals surface area contributed by atoms with Crippen molar-refractivity contribution < 1.29 is 4.79 Å². The van der Waals surface area contributed by atoms with Crippen molar-refractivity contribution in [1.29, 1.82) is 0 Å². The van der Waals surface area contributed by atoms with Crippen molar-refractivity contribution in [3.05, 3.63) is 18.0 Å². The molecule has 100 valence electrons. The van der Waals surface area contributed by atoms with Crippen LogP contribution in [-0.2, 0) is 0 Å². The second-order valence-corrected chi connectivity index (χ2v) is 5.06. The van der Waals surface area contributed by atoms with Crippen molar-refractivity contribution in [3.63, 3.8) is 0 Å². The molecule has 0 bridgehead atoms. The predicted molar refractivity (Wildman–Crippen MR) is 75.4 cm³/mol. The van der Waals surface area contributed by atoms with Crippen molar-refractivity contribution in [2.24, 2.45) is 5.73 Å². The molecule has 2 amide bonds. The highest BCUT2D eigenvalue weighted by Crippen LogP contribution is 2.31. The van der Waals surface area contributed by atoms with Gasteiger partial charge in [-0.3, -0.25) is 5.32 Å². The summed E-state index contributed by atoms with van der Waals surface area (Å²) in [6.45, 7) is 1.86. The fourth-order valence-electron chi connectivity index (χ4n) is 1.48. The van der Waals surface area contributed by atoms with Gasteiger partial charge in [0, 0.05) is 20.3 Å². The van der Waals surface area contributed by atoms with E-state index in [0.29, 0.717) is 11.1 Å². The molecule has 0 fully saturated rings. The molecule has 3 N–H and O–H groups in total. The molecule has 8 heteroatoms. The molecule has 0 unspecified atom stereocenters. The SMILES string of the molecule is Cc1nc(NC(N)=O)sc1-c1ccnc(N(C)C)n1. The van der Waals surface area contributed by atoms with Gasteiger partial charge in [-0.05, 0) is 13.0 Å². The summed E-state index contributed by atoms with van der Waals surface area (Å²) in [7, 11) is 3.75. The molecule has 0 saturated carbocycles. The van der Waals surface area contributed by atoms with Crippen LogP contribution in [0.15, 0.2) is 12.3 Å². The van der Waals surface area contributed by atoms with E-state index >= 15 is 0 Å². The number of urea groups is 1. The van der Waals surface area contributed by atoms with Crippen LogP contribution in [0.5, 0.6) is 0 Å². The van der Waals surface area contributed by atoms with Crippen LogP contribution in [0, 0.1) is 6.92 Å². The number of aryl methyl sites for hydroxylation is 1. The number of nitrogens with zero attached hydrogens (tertiary/aromatic N) is 4. The van der Waals surface area contributed by atoms with E-state index in [1.165, 1.54) is 11.3 Å². The Balaban J connectivity index is 2.38. The van der Waals surface area contributed by atoms with E-state index in [2.05, 4.69) is 20.3 Å². The lowest BCUT2D eigenvalue weighted by Gasteiger charge is -2.10. The van der Waals surface area contributed by atoms with E-state index in [4.69, 9.17) is 5.73 Å². The van der Waals surface area contributed by atoms with Crippen LogP contribution in [0.3, 0.4) is 0 Å². The van der Waals surface area contributed by atoms with Gasteiger partial charge < -0.3 is 10.6 Å². The first kappa shape index (κ1) is 13.2. The van der Waals surface area contributed by atoms with Gasteiger partial charge in [0.2, 0.25) is 5.95 Å². The second kappa shape index (κ2) is 5.19. The molecular weight excluding hydrogens is 264 g/mol. The smallest absolute Gasteiger partial charge is 0.318 e. The van der Waals surface area contributed by atoms with Crippen molar-refractivity contribution in [2.75, 3.05) is 24.3 Å². The standard InChI is InChI=1S/C11H14N6OS/c1-6-8(19-11(14-6)16-9(12)18)7-4-5-13-10(15-7)17(2)3/h4-5H,1-3H3,(H3,12,14,16,18). The molecule has 0 aromatic carbocycles. The molecule has 0 aliphatic carbocycles. The summed E-state index contributed by atoms with van der Waals surface area (Å²) in [6, 6.07) is 1.18. The number of rotatable bonds is 3. The van der Waals surface area contributed by atoms with E-state index < -0.39 is 6.03 Å². The molecule has 7 nitrogen and oxygen atoms in total. The molecule has 0 spiro atoms. The number of primary amides is 1. The monoisotopic (exact) mass is 278 g/mol. The summed E-state index contributed by atoms with van der Waals surface area (Å²) in [4.78, 5) is 26.4. The number of carbonyl (C=O) groups excluding carboxylic acids is 1. The maximum atomic E-state index is 10.8. The average Bonchev–Trinajstić information content (AvgIpc) is 2.69. The number of anilines is 2. The van der Waals surface area contributed by atoms with Crippen LogP contribution in [0.1, 0.15) is 5.69 Å². The highest BCUT2D eigenvalue weighted by molar-refractivity contribution is 7.19. The summed E-state index contributed by atoms with van der Waals surface area (Å²) < 4.78 is 0. The van der Waals surface area contributed by atoms with E-state index in [1.54, 1.807) is 6.20 Å². The van der Waals surface area contributed by atoms with Crippen molar-refractivity contribution in [1.82, 2.24) is 15.0 Å². The van der Waals surface area contributed by atoms with E-state index in [1.807, 2.05) is 32.0 Å². The number of hydrogen-bond donors (Lipinski definition) is 2. The molecule has 0 aliphatic heterocycles. The van der Waals surface area contributed by atoms with Crippen LogP contribution < -0.4 is 16.0 Å². The zero-order valence-electron chi connectivity index (χ0n) is 10.8. The number of nitrogens with one attached hydrogen (secondary N) is 1. The van der Waals surface area contributed by atoms with Gasteiger partial charge in [0.05, 0.1) is 16.3 Å². The van der Waals surface area contributed by atoms with Crippen molar-refractivity contribution >= 4 is 28.4 Å². The predicted octanol–water partition coefficient (Wildman–Crippen LogP) is 1.47. The van der Waals surface area contributed by atoms with E-state index in [0.717, 1.165) is 16.3 Å². The highest BCUT2D eigenvalue weighted by Gasteiger charge is 2.13. The third-order valence-corrected chi connectivity index (χ3v) is 3.40. The summed E-state index contributed by atoms with van der Waals surface area (Å²) in [6.07, 6.45) is 1.69. The Labute approximate surface area is 114 Å². The highest BCUT2D eigenvalue weighted by atomic mass is 32.1. The molecule has 2 rings (SSSR count). The Hall–Kier alpha value is -2.22. The van der Waals surface area contributed by atoms with Gasteiger partial charge in [0.25, 0.3) is 0 Å². The molecule has 19 heavy (non-hydrogen) atoms. The minimum absolute atomic E-state index is 0.463. The zero-order chi connectivity index (χ0) is 14.0. The number of hydrogen-bond acceptors (Lipinski definition) is 6. The first-order valence-corrected chi connectivity index (χ1v) is 6.33. The Kier molecular flexibility index (Phi) is 3.61. The van der Waals surface area contributed by atoms with Gasteiger partial charge >= 0.3 is 6.03 Å². The van der Waals surface area contributed by atoms with Gasteiger partial charge in [-0.15, -0.1) is 0 Å². The third-order valence-electron chi connectivity index (χ3n) is 2.30. The van der Waals surface area contributed by atoms with Gasteiger partial charge in [-0.1, -0.05) is 11.3 Å². The largest absolute Gasteiger partial charge is 0.351 e. The zero-order valence-corrected chi connectivity index (χ0v) is 11.7. The maximum Gasteiger partial charge on any atom is 0.318 e. The molecule has 0 saturated heterocycles. The minimum Gasteiger partial charge on any atom is -0.351 e. The first-order chi connectivity index (χ1) is 8.97. The summed E-state index contributed by atoms with van der Waals surface area (Å²) in [5.41, 5.74) is 6.63. The fourth-order valence-corrected chi connectivity index (χ4v) is 2.42. The van der Waals surface area contributed by atoms with E-state index in [9.17, 15) is 4.79 Å². The Morgan fingerprint density at radius 1 is 1.42 bits per heavy atom. The summed E-state index contributed by atoms with van der Waals surface area (Å²) >= 11 is 1.33. The molecular formula is C11H14N6OS. The van der Waals surface area contributed by atoms with Crippen LogP contribution in [0.2, 0.25) is 0 Å². The van der Waals surface area contributed by atoms with Gasteiger partial charge in [-0.2, -0.15) is 0 Å². The minimum atomic E-state index is -0.628. The summed E-state index contributed by atoms with van der Waals surface area (Å²) in [5, 5.41) is 2.93. The van der Waals surface area contributed by atoms with Gasteiger partial charge in [0.15, 0.2) is 5.13 Å². The lowest BCUT2D eigenvalue weighted by molar-refractivity contribution is 0.259. The van der Waals surface area contributed by atoms with Crippen LogP contribution >= 0.6 is 11.3 Å². The van der Waals surface area contributed by atoms with Crippen molar-refractivity contribution in [3.8, 4) is 10.6 Å². The molecule has 2 aromatic rings. The van der Waals surface area contributed by atoms with E-state index in [-0.39, 0.29) is 0 Å². The van der Waals surface area contributed by atoms with Crippen LogP contribution in [-0.4, -0.2) is 35.1 Å². The average molecular weight is 278 g/mol. The van der Waals surface area contributed by atoms with Crippen molar-refractivity contribution in [2.45, 2.75) is 6.92 Å². The maximum absolute atomic E-state index is 10.8. The lowest BCUT2D eigenvalue weighted by Crippen LogP contribution is -2.18. The van der Waals surface area contributed by atoms with Crippen LogP contribution in [0.25, 0.3) is 10.6 Å². The second-order valence-electron chi connectivity index (χ2n) is 4.06. The number of nitrogens with two attached hydrogens (primary N) is 1.